The number of amides is 1. The number of aryl methyl sites for hydroxylation is 3. The Hall–Kier alpha value is -2.63. The van der Waals surface area contributed by atoms with Gasteiger partial charge in [-0.3, -0.25) is 9.59 Å². The number of rotatable bonds is 6. The molecule has 2 aromatic rings. The maximum absolute atomic E-state index is 12.3. The normalized spacial score (nSPS) is 11.9. The predicted molar refractivity (Wildman–Crippen MR) is 96.9 cm³/mol. The highest BCUT2D eigenvalue weighted by molar-refractivity contribution is 5.76. The molecule has 0 aliphatic rings. The number of benzene rings is 1. The molecule has 6 heteroatoms. The third kappa shape index (κ3) is 4.68. The van der Waals surface area contributed by atoms with Gasteiger partial charge in [0, 0.05) is 23.2 Å². The Balaban J connectivity index is 2.04. The first kappa shape index (κ1) is 18.7. The first-order valence-electron chi connectivity index (χ1n) is 8.32. The van der Waals surface area contributed by atoms with Crippen molar-refractivity contribution in [3.05, 3.63) is 56.8 Å². The van der Waals surface area contributed by atoms with E-state index in [9.17, 15) is 9.59 Å². The van der Waals surface area contributed by atoms with Gasteiger partial charge in [-0.25, -0.2) is 4.98 Å². The van der Waals surface area contributed by atoms with Crippen LogP contribution < -0.4 is 15.6 Å². The summed E-state index contributed by atoms with van der Waals surface area (Å²) in [5.41, 5.74) is 3.09. The minimum atomic E-state index is -0.183. The van der Waals surface area contributed by atoms with Crippen LogP contribution in [-0.2, 0) is 11.2 Å². The standard InChI is InChI=1S/C19H25N3O3/c1-11-6-8-17(25-5)16(10-11)13(3)21-18(23)9-7-15-12(2)20-14(4)22-19(15)24/h6,8,10,13H,7,9H2,1-5H3,(H,21,23)(H,20,22,24). The average Bonchev–Trinajstić information content (AvgIpc) is 2.53. The van der Waals surface area contributed by atoms with Gasteiger partial charge in [0.15, 0.2) is 0 Å². The van der Waals surface area contributed by atoms with Gasteiger partial charge in [0.1, 0.15) is 11.6 Å². The van der Waals surface area contributed by atoms with Gasteiger partial charge in [-0.15, -0.1) is 0 Å². The van der Waals surface area contributed by atoms with Crippen LogP contribution in [0.15, 0.2) is 23.0 Å². The molecule has 134 valence electrons. The van der Waals surface area contributed by atoms with E-state index in [-0.39, 0.29) is 23.9 Å². The van der Waals surface area contributed by atoms with Gasteiger partial charge in [-0.2, -0.15) is 0 Å². The second kappa shape index (κ2) is 7.96. The second-order valence-electron chi connectivity index (χ2n) is 6.25. The summed E-state index contributed by atoms with van der Waals surface area (Å²) in [5, 5.41) is 2.97. The molecule has 0 aliphatic carbocycles. The minimum absolute atomic E-state index is 0.115. The summed E-state index contributed by atoms with van der Waals surface area (Å²) in [6.45, 7) is 7.44. The number of aromatic amines is 1. The first-order chi connectivity index (χ1) is 11.8. The van der Waals surface area contributed by atoms with Crippen LogP contribution in [-0.4, -0.2) is 23.0 Å². The van der Waals surface area contributed by atoms with Crippen molar-refractivity contribution in [3.63, 3.8) is 0 Å². The zero-order valence-electron chi connectivity index (χ0n) is 15.4. The Labute approximate surface area is 147 Å². The van der Waals surface area contributed by atoms with Crippen molar-refractivity contribution in [2.24, 2.45) is 0 Å². The van der Waals surface area contributed by atoms with E-state index in [0.717, 1.165) is 16.9 Å². The molecular weight excluding hydrogens is 318 g/mol. The largest absolute Gasteiger partial charge is 0.496 e. The quantitative estimate of drug-likeness (QED) is 0.844. The van der Waals surface area contributed by atoms with Crippen molar-refractivity contribution in [1.29, 1.82) is 0 Å². The molecule has 1 heterocycles. The number of ether oxygens (including phenoxy) is 1. The molecule has 1 aromatic heterocycles. The minimum Gasteiger partial charge on any atom is -0.496 e. The summed E-state index contributed by atoms with van der Waals surface area (Å²) in [6.07, 6.45) is 0.588. The van der Waals surface area contributed by atoms with E-state index >= 15 is 0 Å². The van der Waals surface area contributed by atoms with Gasteiger partial charge in [0.25, 0.3) is 5.56 Å². The van der Waals surface area contributed by atoms with Gasteiger partial charge >= 0.3 is 0 Å². The lowest BCUT2D eigenvalue weighted by Crippen LogP contribution is -2.28. The molecule has 0 radical (unpaired) electrons. The molecular formula is C19H25N3O3. The van der Waals surface area contributed by atoms with Gasteiger partial charge in [-0.05, 0) is 40.2 Å². The third-order valence-corrected chi connectivity index (χ3v) is 4.17. The van der Waals surface area contributed by atoms with Crippen LogP contribution in [0.2, 0.25) is 0 Å². The van der Waals surface area contributed by atoms with Crippen molar-refractivity contribution >= 4 is 5.91 Å². The summed E-state index contributed by atoms with van der Waals surface area (Å²) in [5.74, 6) is 1.21. The number of nitrogens with zero attached hydrogens (tertiary/aromatic N) is 1. The lowest BCUT2D eigenvalue weighted by atomic mass is 10.0. The smallest absolute Gasteiger partial charge is 0.254 e. The molecule has 0 saturated heterocycles. The van der Waals surface area contributed by atoms with Crippen LogP contribution in [0.25, 0.3) is 0 Å². The molecule has 1 aromatic carbocycles. The van der Waals surface area contributed by atoms with Crippen molar-refractivity contribution in [2.45, 2.75) is 46.6 Å². The molecule has 2 N–H and O–H groups in total. The highest BCUT2D eigenvalue weighted by Gasteiger charge is 2.15. The molecule has 1 unspecified atom stereocenters. The van der Waals surface area contributed by atoms with E-state index in [0.29, 0.717) is 23.5 Å². The highest BCUT2D eigenvalue weighted by Crippen LogP contribution is 2.26. The van der Waals surface area contributed by atoms with E-state index in [1.807, 2.05) is 32.0 Å². The highest BCUT2D eigenvalue weighted by atomic mass is 16.5. The molecule has 1 amide bonds. The van der Waals surface area contributed by atoms with E-state index in [1.165, 1.54) is 0 Å². The van der Waals surface area contributed by atoms with E-state index < -0.39 is 0 Å². The number of hydrogen-bond acceptors (Lipinski definition) is 4. The summed E-state index contributed by atoms with van der Waals surface area (Å²) in [6, 6.07) is 5.69. The molecule has 0 fully saturated rings. The van der Waals surface area contributed by atoms with Crippen molar-refractivity contribution in [1.82, 2.24) is 15.3 Å². The Morgan fingerprint density at radius 3 is 2.68 bits per heavy atom. The monoisotopic (exact) mass is 343 g/mol. The maximum Gasteiger partial charge on any atom is 0.254 e. The zero-order chi connectivity index (χ0) is 18.6. The lowest BCUT2D eigenvalue weighted by Gasteiger charge is -2.18. The SMILES string of the molecule is COc1ccc(C)cc1C(C)NC(=O)CCc1c(C)nc(C)[nH]c1=O. The molecule has 1 atom stereocenters. The number of nitrogens with one attached hydrogen (secondary N) is 2. The van der Waals surface area contributed by atoms with Crippen LogP contribution in [0.1, 0.15) is 47.6 Å². The Morgan fingerprint density at radius 1 is 1.32 bits per heavy atom. The molecule has 25 heavy (non-hydrogen) atoms. The van der Waals surface area contributed by atoms with E-state index in [1.54, 1.807) is 21.0 Å². The van der Waals surface area contributed by atoms with Crippen LogP contribution in [0, 0.1) is 20.8 Å². The van der Waals surface area contributed by atoms with Crippen LogP contribution >= 0.6 is 0 Å². The Bertz CT molecular complexity index is 827. The van der Waals surface area contributed by atoms with E-state index in [2.05, 4.69) is 15.3 Å². The second-order valence-corrected chi connectivity index (χ2v) is 6.25. The van der Waals surface area contributed by atoms with Crippen molar-refractivity contribution in [3.8, 4) is 5.75 Å². The van der Waals surface area contributed by atoms with Crippen LogP contribution in [0.3, 0.4) is 0 Å². The third-order valence-electron chi connectivity index (χ3n) is 4.17. The summed E-state index contributed by atoms with van der Waals surface area (Å²) < 4.78 is 5.37. The van der Waals surface area contributed by atoms with Crippen molar-refractivity contribution in [2.75, 3.05) is 7.11 Å². The number of carbonyl (C=O) groups is 1. The van der Waals surface area contributed by atoms with Gasteiger partial charge in [0.2, 0.25) is 5.91 Å². The fourth-order valence-electron chi connectivity index (χ4n) is 2.87. The first-order valence-corrected chi connectivity index (χ1v) is 8.32. The van der Waals surface area contributed by atoms with Crippen LogP contribution in [0.5, 0.6) is 5.75 Å². The summed E-state index contributed by atoms with van der Waals surface area (Å²) in [7, 11) is 1.61. The van der Waals surface area contributed by atoms with E-state index in [4.69, 9.17) is 4.74 Å². The number of carbonyl (C=O) groups excluding carboxylic acids is 1. The van der Waals surface area contributed by atoms with Gasteiger partial charge < -0.3 is 15.0 Å². The molecule has 0 saturated carbocycles. The van der Waals surface area contributed by atoms with Crippen molar-refractivity contribution < 1.29 is 9.53 Å². The molecule has 0 spiro atoms. The maximum atomic E-state index is 12.3. The topological polar surface area (TPSA) is 84.1 Å². The van der Waals surface area contributed by atoms with Gasteiger partial charge in [-0.1, -0.05) is 17.7 Å². The Morgan fingerprint density at radius 2 is 2.04 bits per heavy atom. The fourth-order valence-corrected chi connectivity index (χ4v) is 2.87. The fraction of sp³-hybridized carbons (Fsp3) is 0.421. The molecule has 0 bridgehead atoms. The summed E-state index contributed by atoms with van der Waals surface area (Å²) >= 11 is 0. The number of H-pyrrole nitrogens is 1. The molecule has 2 rings (SSSR count). The van der Waals surface area contributed by atoms with Crippen LogP contribution in [0.4, 0.5) is 0 Å². The zero-order valence-corrected chi connectivity index (χ0v) is 15.4. The predicted octanol–water partition coefficient (Wildman–Crippen LogP) is 2.51. The Kier molecular flexibility index (Phi) is 5.96. The number of aromatic nitrogens is 2. The molecule has 6 nitrogen and oxygen atoms in total. The number of hydrogen-bond donors (Lipinski definition) is 2. The number of methoxy groups -OCH3 is 1. The summed E-state index contributed by atoms with van der Waals surface area (Å²) in [4.78, 5) is 31.2. The van der Waals surface area contributed by atoms with Gasteiger partial charge in [0.05, 0.1) is 13.2 Å². The molecule has 0 aliphatic heterocycles. The lowest BCUT2D eigenvalue weighted by molar-refractivity contribution is -0.121. The average molecular weight is 343 g/mol.